The summed E-state index contributed by atoms with van der Waals surface area (Å²) >= 11 is 0. The van der Waals surface area contributed by atoms with Gasteiger partial charge in [0.2, 0.25) is 5.75 Å². The molecule has 1 saturated heterocycles. The fourth-order valence-electron chi connectivity index (χ4n) is 5.70. The molecule has 1 heterocycles. The van der Waals surface area contributed by atoms with Crippen LogP contribution in [-0.2, 0) is 0 Å². The first-order chi connectivity index (χ1) is 18.4. The van der Waals surface area contributed by atoms with E-state index >= 15 is 0 Å². The standard InChI is InChI=1S/C32H44N2O4/c1-23-13-15-25(16-14-23)26-11-8-12-28(20-26)34(19-9-18-33-17-7-6-10-24(33)2)32(35)27-21-29(36-3)31(38-5)30(22-27)37-4/h11,13,15-16,20-24H,6-10,12,14,17-19H2,1-5H3. The lowest BCUT2D eigenvalue weighted by Crippen LogP contribution is -2.40. The molecule has 0 N–H and O–H groups in total. The number of carbonyl (C=O) groups is 1. The summed E-state index contributed by atoms with van der Waals surface area (Å²) in [6, 6.07) is 4.13. The lowest BCUT2D eigenvalue weighted by molar-refractivity contribution is 0.0786. The van der Waals surface area contributed by atoms with E-state index in [1.54, 1.807) is 33.5 Å². The van der Waals surface area contributed by atoms with Crippen molar-refractivity contribution in [3.05, 3.63) is 64.9 Å². The molecule has 0 bridgehead atoms. The average molecular weight is 521 g/mol. The predicted octanol–water partition coefficient (Wildman–Crippen LogP) is 6.55. The quantitative estimate of drug-likeness (QED) is 0.350. The minimum Gasteiger partial charge on any atom is -0.493 e. The summed E-state index contributed by atoms with van der Waals surface area (Å²) in [7, 11) is 4.73. The third-order valence-corrected chi connectivity index (χ3v) is 8.01. The van der Waals surface area contributed by atoms with Crippen LogP contribution in [0.5, 0.6) is 17.2 Å². The van der Waals surface area contributed by atoms with Crippen molar-refractivity contribution in [1.82, 2.24) is 9.80 Å². The summed E-state index contributed by atoms with van der Waals surface area (Å²) in [5, 5.41) is 0. The van der Waals surface area contributed by atoms with E-state index in [9.17, 15) is 4.79 Å². The fraction of sp³-hybridized carbons (Fsp3) is 0.531. The Kier molecular flexibility index (Phi) is 9.73. The van der Waals surface area contributed by atoms with Gasteiger partial charge >= 0.3 is 0 Å². The zero-order valence-corrected chi connectivity index (χ0v) is 23.8. The Morgan fingerprint density at radius 2 is 1.79 bits per heavy atom. The Hall–Kier alpha value is -2.99. The molecule has 3 aliphatic rings. The van der Waals surface area contributed by atoms with Gasteiger partial charge in [-0.05, 0) is 87.3 Å². The summed E-state index contributed by atoms with van der Waals surface area (Å²) in [6.07, 6.45) is 18.9. The molecule has 206 valence electrons. The van der Waals surface area contributed by atoms with Crippen LogP contribution in [-0.4, -0.2) is 62.7 Å². The van der Waals surface area contributed by atoms with Gasteiger partial charge in [-0.15, -0.1) is 0 Å². The Morgan fingerprint density at radius 1 is 1.03 bits per heavy atom. The van der Waals surface area contributed by atoms with E-state index in [2.05, 4.69) is 49.1 Å². The van der Waals surface area contributed by atoms with Gasteiger partial charge in [0.25, 0.3) is 5.91 Å². The molecule has 38 heavy (non-hydrogen) atoms. The highest BCUT2D eigenvalue weighted by molar-refractivity contribution is 5.97. The Labute approximate surface area is 228 Å². The van der Waals surface area contributed by atoms with E-state index in [1.165, 1.54) is 30.4 Å². The number of methoxy groups -OCH3 is 3. The minimum absolute atomic E-state index is 0.0368. The number of likely N-dealkylation sites (tertiary alicyclic amines) is 1. The van der Waals surface area contributed by atoms with E-state index in [-0.39, 0.29) is 5.91 Å². The summed E-state index contributed by atoms with van der Waals surface area (Å²) in [6.45, 7) is 7.38. The molecule has 1 aromatic carbocycles. The molecule has 2 aliphatic carbocycles. The lowest BCUT2D eigenvalue weighted by atomic mass is 9.90. The molecule has 1 amide bonds. The molecular formula is C32H44N2O4. The van der Waals surface area contributed by atoms with Crippen LogP contribution in [0.25, 0.3) is 0 Å². The van der Waals surface area contributed by atoms with E-state index in [4.69, 9.17) is 14.2 Å². The maximum Gasteiger partial charge on any atom is 0.258 e. The van der Waals surface area contributed by atoms with Crippen LogP contribution in [0.4, 0.5) is 0 Å². The van der Waals surface area contributed by atoms with Gasteiger partial charge in [-0.1, -0.05) is 37.6 Å². The number of amides is 1. The highest BCUT2D eigenvalue weighted by Gasteiger charge is 2.26. The Balaban J connectivity index is 1.62. The number of rotatable bonds is 10. The summed E-state index contributed by atoms with van der Waals surface area (Å²) < 4.78 is 16.6. The highest BCUT2D eigenvalue weighted by atomic mass is 16.5. The number of nitrogens with zero attached hydrogens (tertiary/aromatic N) is 2. The molecular weight excluding hydrogens is 476 g/mol. The largest absolute Gasteiger partial charge is 0.493 e. The van der Waals surface area contributed by atoms with Crippen molar-refractivity contribution in [2.75, 3.05) is 41.0 Å². The normalized spacial score (nSPS) is 21.8. The molecule has 6 nitrogen and oxygen atoms in total. The maximum absolute atomic E-state index is 14.1. The molecule has 6 heteroatoms. The van der Waals surface area contributed by atoms with Crippen LogP contribution in [0.3, 0.4) is 0 Å². The van der Waals surface area contributed by atoms with E-state index in [0.717, 1.165) is 44.5 Å². The zero-order valence-electron chi connectivity index (χ0n) is 23.8. The van der Waals surface area contributed by atoms with E-state index in [0.29, 0.717) is 41.3 Å². The second kappa shape index (κ2) is 13.2. The second-order valence-corrected chi connectivity index (χ2v) is 10.7. The highest BCUT2D eigenvalue weighted by Crippen LogP contribution is 2.39. The van der Waals surface area contributed by atoms with Gasteiger partial charge < -0.3 is 24.0 Å². The van der Waals surface area contributed by atoms with Gasteiger partial charge in [0, 0.05) is 30.4 Å². The number of hydrogen-bond donors (Lipinski definition) is 0. The topological polar surface area (TPSA) is 51.2 Å². The van der Waals surface area contributed by atoms with Crippen molar-refractivity contribution in [2.24, 2.45) is 5.92 Å². The van der Waals surface area contributed by atoms with Crippen LogP contribution < -0.4 is 14.2 Å². The van der Waals surface area contributed by atoms with Crippen molar-refractivity contribution < 1.29 is 19.0 Å². The number of carbonyl (C=O) groups excluding carboxylic acids is 1. The van der Waals surface area contributed by atoms with Gasteiger partial charge in [-0.3, -0.25) is 4.79 Å². The Morgan fingerprint density at radius 3 is 2.42 bits per heavy atom. The van der Waals surface area contributed by atoms with Crippen LogP contribution in [0.15, 0.2) is 59.4 Å². The molecule has 0 aromatic heterocycles. The van der Waals surface area contributed by atoms with Gasteiger partial charge in [-0.2, -0.15) is 0 Å². The maximum atomic E-state index is 14.1. The molecule has 0 radical (unpaired) electrons. The third-order valence-electron chi connectivity index (χ3n) is 8.01. The first kappa shape index (κ1) is 28.0. The number of ether oxygens (including phenoxy) is 3. The van der Waals surface area contributed by atoms with Crippen molar-refractivity contribution >= 4 is 5.91 Å². The van der Waals surface area contributed by atoms with Crippen LogP contribution in [0.1, 0.15) is 69.2 Å². The lowest BCUT2D eigenvalue weighted by Gasteiger charge is -2.34. The predicted molar refractivity (Wildman–Crippen MR) is 153 cm³/mol. The molecule has 1 aliphatic heterocycles. The Bertz CT molecular complexity index is 1090. The van der Waals surface area contributed by atoms with Crippen molar-refractivity contribution in [3.63, 3.8) is 0 Å². The van der Waals surface area contributed by atoms with Gasteiger partial charge in [0.1, 0.15) is 0 Å². The summed E-state index contributed by atoms with van der Waals surface area (Å²) in [5.74, 6) is 2.00. The first-order valence-electron chi connectivity index (χ1n) is 14.1. The van der Waals surface area contributed by atoms with Crippen molar-refractivity contribution in [2.45, 2.75) is 64.8 Å². The second-order valence-electron chi connectivity index (χ2n) is 10.7. The fourth-order valence-corrected chi connectivity index (χ4v) is 5.70. The minimum atomic E-state index is -0.0368. The molecule has 0 saturated carbocycles. The number of piperidine rings is 1. The average Bonchev–Trinajstić information content (AvgIpc) is 2.95. The first-order valence-corrected chi connectivity index (χ1v) is 14.1. The van der Waals surface area contributed by atoms with Crippen molar-refractivity contribution in [1.29, 1.82) is 0 Å². The molecule has 1 aromatic rings. The van der Waals surface area contributed by atoms with E-state index in [1.807, 2.05) is 4.90 Å². The zero-order chi connectivity index (χ0) is 27.1. The monoisotopic (exact) mass is 520 g/mol. The van der Waals surface area contributed by atoms with E-state index < -0.39 is 0 Å². The number of hydrogen-bond acceptors (Lipinski definition) is 5. The summed E-state index contributed by atoms with van der Waals surface area (Å²) in [4.78, 5) is 18.7. The van der Waals surface area contributed by atoms with Crippen molar-refractivity contribution in [3.8, 4) is 17.2 Å². The van der Waals surface area contributed by atoms with Gasteiger partial charge in [0.05, 0.1) is 21.3 Å². The smallest absolute Gasteiger partial charge is 0.258 e. The molecule has 1 fully saturated rings. The SMILES string of the molecule is COc1cc(C(=O)N(CCCN2CCCCC2C)C2=CC(C3=CCC(C)C=C3)=CCC2)cc(OC)c1OC. The molecule has 2 unspecified atom stereocenters. The van der Waals surface area contributed by atoms with Crippen LogP contribution in [0, 0.1) is 5.92 Å². The number of benzene rings is 1. The van der Waals surface area contributed by atoms with Crippen LogP contribution >= 0.6 is 0 Å². The number of allylic oxidation sites excluding steroid dienone is 8. The van der Waals surface area contributed by atoms with Crippen LogP contribution in [0.2, 0.25) is 0 Å². The summed E-state index contributed by atoms with van der Waals surface area (Å²) in [5.41, 5.74) is 4.07. The molecule has 4 rings (SSSR count). The molecule has 0 spiro atoms. The molecule has 2 atom stereocenters. The third kappa shape index (κ3) is 6.52. The van der Waals surface area contributed by atoms with Gasteiger partial charge in [-0.25, -0.2) is 0 Å². The van der Waals surface area contributed by atoms with Gasteiger partial charge in [0.15, 0.2) is 11.5 Å².